The maximum atomic E-state index is 8.74. The minimum atomic E-state index is -0.332. The molecular weight excluding hydrogens is 201 g/mol. The van der Waals surface area contributed by atoms with Crippen LogP contribution < -0.4 is 0 Å². The highest BCUT2D eigenvalue weighted by Gasteiger charge is 2.12. The molecular formula is C10H4BN5. The molecule has 0 amide bonds. The molecule has 0 aromatic carbocycles. The Bertz CT molecular complexity index is 547. The minimum absolute atomic E-state index is 0.0852. The molecule has 0 saturated carbocycles. The Hall–Kier alpha value is -3.01. The average molecular weight is 205 g/mol. The van der Waals surface area contributed by atoms with Crippen molar-refractivity contribution in [1.82, 2.24) is 0 Å². The van der Waals surface area contributed by atoms with Crippen molar-refractivity contribution in [3.63, 3.8) is 0 Å². The zero-order chi connectivity index (χ0) is 12.6. The van der Waals surface area contributed by atoms with Gasteiger partial charge in [0.25, 0.3) is 0 Å². The van der Waals surface area contributed by atoms with Crippen LogP contribution in [0.2, 0.25) is 0 Å². The Morgan fingerprint density at radius 1 is 0.750 bits per heavy atom. The summed E-state index contributed by atoms with van der Waals surface area (Å²) < 4.78 is 0. The molecule has 0 aromatic heterocycles. The topological polar surface area (TPSA) is 119 Å². The van der Waals surface area contributed by atoms with Crippen molar-refractivity contribution in [2.45, 2.75) is 6.92 Å². The average Bonchev–Trinajstić information content (AvgIpc) is 2.33. The summed E-state index contributed by atoms with van der Waals surface area (Å²) in [6.07, 6.45) is 0. The molecule has 0 unspecified atom stereocenters. The van der Waals surface area contributed by atoms with E-state index in [1.54, 1.807) is 30.3 Å². The van der Waals surface area contributed by atoms with Gasteiger partial charge >= 0.3 is 0 Å². The third-order valence-electron chi connectivity index (χ3n) is 1.77. The summed E-state index contributed by atoms with van der Waals surface area (Å²) in [6, 6.07) is 8.38. The summed E-state index contributed by atoms with van der Waals surface area (Å²) in [5.41, 5.74) is -0.176. The molecule has 0 radical (unpaired) electrons. The first-order valence-corrected chi connectivity index (χ1v) is 4.08. The Morgan fingerprint density at radius 3 is 1.56 bits per heavy atom. The molecule has 5 nitrogen and oxygen atoms in total. The second-order valence-corrected chi connectivity index (χ2v) is 2.69. The third-order valence-corrected chi connectivity index (χ3v) is 1.77. The molecule has 0 saturated heterocycles. The van der Waals surface area contributed by atoms with Crippen LogP contribution in [0.15, 0.2) is 22.1 Å². The first kappa shape index (κ1) is 13.0. The van der Waals surface area contributed by atoms with Crippen LogP contribution in [-0.4, -0.2) is 7.28 Å². The van der Waals surface area contributed by atoms with Crippen molar-refractivity contribution >= 4 is 7.28 Å². The van der Waals surface area contributed by atoms with Crippen LogP contribution in [0.25, 0.3) is 0 Å². The fraction of sp³-hybridized carbons (Fsp3) is 0.100. The van der Waals surface area contributed by atoms with Gasteiger partial charge in [-0.2, -0.15) is 26.3 Å². The number of hydrogen-bond acceptors (Lipinski definition) is 5. The highest BCUT2D eigenvalue weighted by molar-refractivity contribution is 6.57. The van der Waals surface area contributed by atoms with E-state index in [-0.39, 0.29) is 29.4 Å². The van der Waals surface area contributed by atoms with Crippen LogP contribution in [0.4, 0.5) is 0 Å². The molecule has 0 fully saturated rings. The lowest BCUT2D eigenvalue weighted by atomic mass is 9.61. The molecule has 72 valence electrons. The van der Waals surface area contributed by atoms with Crippen LogP contribution in [0.1, 0.15) is 6.92 Å². The van der Waals surface area contributed by atoms with E-state index in [0.29, 0.717) is 0 Å². The smallest absolute Gasteiger partial charge is 0.194 e. The predicted octanol–water partition coefficient (Wildman–Crippen LogP) is 0.569. The molecule has 0 rings (SSSR count). The first-order valence-electron chi connectivity index (χ1n) is 4.08. The Morgan fingerprint density at radius 2 is 1.25 bits per heavy atom. The highest BCUT2D eigenvalue weighted by atomic mass is 14.3. The van der Waals surface area contributed by atoms with E-state index in [0.717, 1.165) is 0 Å². The number of nitrogens with zero attached hydrogens (tertiary/aromatic N) is 5. The van der Waals surface area contributed by atoms with E-state index in [1.165, 1.54) is 6.92 Å². The minimum Gasteiger partial charge on any atom is -0.194 e. The van der Waals surface area contributed by atoms with Gasteiger partial charge in [0, 0.05) is 16.5 Å². The second-order valence-electron chi connectivity index (χ2n) is 2.69. The highest BCUT2D eigenvalue weighted by Crippen LogP contribution is 2.08. The van der Waals surface area contributed by atoms with Gasteiger partial charge in [0.1, 0.15) is 17.7 Å². The van der Waals surface area contributed by atoms with Gasteiger partial charge in [-0.15, -0.1) is 0 Å². The lowest BCUT2D eigenvalue weighted by Gasteiger charge is -1.95. The van der Waals surface area contributed by atoms with Crippen molar-refractivity contribution in [2.24, 2.45) is 0 Å². The van der Waals surface area contributed by atoms with Crippen molar-refractivity contribution in [2.75, 3.05) is 0 Å². The predicted molar refractivity (Wildman–Crippen MR) is 54.9 cm³/mol. The molecule has 0 spiro atoms. The quantitative estimate of drug-likeness (QED) is 0.481. The Labute approximate surface area is 93.6 Å². The first-order chi connectivity index (χ1) is 7.64. The van der Waals surface area contributed by atoms with Gasteiger partial charge < -0.3 is 0 Å². The summed E-state index contributed by atoms with van der Waals surface area (Å²) in [4.78, 5) is 0. The van der Waals surface area contributed by atoms with Gasteiger partial charge in [-0.3, -0.25) is 0 Å². The van der Waals surface area contributed by atoms with E-state index in [2.05, 4.69) is 0 Å². The molecule has 0 bridgehead atoms. The lowest BCUT2D eigenvalue weighted by molar-refractivity contribution is 1.41. The Balaban J connectivity index is 5.50. The molecule has 0 atom stereocenters. The van der Waals surface area contributed by atoms with Crippen molar-refractivity contribution in [1.29, 1.82) is 26.3 Å². The van der Waals surface area contributed by atoms with Gasteiger partial charge in [-0.1, -0.05) is 0 Å². The van der Waals surface area contributed by atoms with Crippen LogP contribution in [0.5, 0.6) is 0 Å². The van der Waals surface area contributed by atoms with Crippen LogP contribution in [-0.2, 0) is 0 Å². The molecule has 0 aromatic rings. The monoisotopic (exact) mass is 205 g/mol. The van der Waals surface area contributed by atoms with E-state index in [9.17, 15) is 0 Å². The van der Waals surface area contributed by atoms with Crippen molar-refractivity contribution in [3.05, 3.63) is 22.1 Å². The van der Waals surface area contributed by atoms with Gasteiger partial charge in [0.2, 0.25) is 7.28 Å². The molecule has 0 aliphatic heterocycles. The summed E-state index contributed by atoms with van der Waals surface area (Å²) in [5.74, 6) is 0. The fourth-order valence-corrected chi connectivity index (χ4v) is 0.844. The third kappa shape index (κ3) is 3.04. The van der Waals surface area contributed by atoms with Crippen LogP contribution >= 0.6 is 0 Å². The molecule has 0 aliphatic carbocycles. The van der Waals surface area contributed by atoms with Gasteiger partial charge in [0.15, 0.2) is 0 Å². The molecule has 16 heavy (non-hydrogen) atoms. The molecule has 0 N–H and O–H groups in total. The van der Waals surface area contributed by atoms with Crippen molar-refractivity contribution in [3.8, 4) is 30.3 Å². The van der Waals surface area contributed by atoms with Crippen LogP contribution in [0.3, 0.4) is 0 Å². The molecule has 0 heterocycles. The van der Waals surface area contributed by atoms with E-state index >= 15 is 0 Å². The van der Waals surface area contributed by atoms with E-state index < -0.39 is 0 Å². The summed E-state index contributed by atoms with van der Waals surface area (Å²) in [6.45, 7) is 1.44. The van der Waals surface area contributed by atoms with Crippen LogP contribution in [0, 0.1) is 56.7 Å². The fourth-order valence-electron chi connectivity index (χ4n) is 0.844. The van der Waals surface area contributed by atoms with Gasteiger partial charge in [-0.25, -0.2) is 0 Å². The number of hydrogen-bond donors (Lipinski definition) is 0. The molecule has 0 aliphatic rings. The van der Waals surface area contributed by atoms with Crippen molar-refractivity contribution < 1.29 is 0 Å². The largest absolute Gasteiger partial charge is 0.223 e. The SMILES string of the molecule is C/C(C#N)=C(/BC(C#N)=C(C#N)C#N)C#N. The van der Waals surface area contributed by atoms with Gasteiger partial charge in [-0.05, 0) is 6.92 Å². The zero-order valence-corrected chi connectivity index (χ0v) is 8.44. The van der Waals surface area contributed by atoms with E-state index in [1.807, 2.05) is 0 Å². The van der Waals surface area contributed by atoms with E-state index in [4.69, 9.17) is 26.3 Å². The number of nitriles is 5. The summed E-state index contributed by atoms with van der Waals surface area (Å²) in [7, 11) is -0.164. The standard InChI is InChI=1S/C10H4BN5/c1-7(2-12)9(5-15)11-10(6-16)8(3-13)4-14/h11H,1H3/b9-7-. The Kier molecular flexibility index (Phi) is 5.24. The number of allylic oxidation sites excluding steroid dienone is 4. The second kappa shape index (κ2) is 6.45. The molecule has 6 heteroatoms. The number of rotatable bonds is 2. The van der Waals surface area contributed by atoms with Gasteiger partial charge in [0.05, 0.1) is 18.2 Å². The summed E-state index contributed by atoms with van der Waals surface area (Å²) >= 11 is 0. The maximum absolute atomic E-state index is 8.74. The maximum Gasteiger partial charge on any atom is 0.223 e. The lowest BCUT2D eigenvalue weighted by Crippen LogP contribution is -2.03. The zero-order valence-electron chi connectivity index (χ0n) is 8.44. The normalized spacial score (nSPS) is 9.00. The summed E-state index contributed by atoms with van der Waals surface area (Å²) in [5, 5.41) is 43.2.